The van der Waals surface area contributed by atoms with Crippen molar-refractivity contribution in [3.8, 4) is 0 Å². The average molecular weight is 394 g/mol. The van der Waals surface area contributed by atoms with Crippen molar-refractivity contribution in [1.29, 1.82) is 0 Å². The number of rotatable bonds is 3. The van der Waals surface area contributed by atoms with Crippen LogP contribution in [0.3, 0.4) is 0 Å². The zero-order chi connectivity index (χ0) is 19.7. The molecule has 1 aromatic rings. The van der Waals surface area contributed by atoms with Crippen LogP contribution >= 0.6 is 11.6 Å². The van der Waals surface area contributed by atoms with Gasteiger partial charge in [0.2, 0.25) is 0 Å². The molecule has 1 aromatic carbocycles. The highest BCUT2D eigenvalue weighted by molar-refractivity contribution is 6.30. The van der Waals surface area contributed by atoms with Gasteiger partial charge in [-0.1, -0.05) is 23.7 Å². The van der Waals surface area contributed by atoms with Crippen molar-refractivity contribution in [3.63, 3.8) is 0 Å². The molecule has 6 nitrogen and oxygen atoms in total. The second-order valence-corrected chi connectivity index (χ2v) is 9.15. The number of amides is 3. The molecule has 2 N–H and O–H groups in total. The molecule has 3 rings (SSSR count). The number of hydrogen-bond donors (Lipinski definition) is 2. The number of benzene rings is 1. The van der Waals surface area contributed by atoms with Crippen LogP contribution in [0.25, 0.3) is 0 Å². The lowest BCUT2D eigenvalue weighted by atomic mass is 9.65. The lowest BCUT2D eigenvalue weighted by Crippen LogP contribution is -2.54. The number of urea groups is 1. The molecule has 0 atom stereocenters. The Labute approximate surface area is 165 Å². The van der Waals surface area contributed by atoms with Crippen LogP contribution in [-0.4, -0.2) is 41.8 Å². The molecule has 2 aliphatic rings. The Balaban J connectivity index is 1.38. The number of nitrogens with zero attached hydrogens (tertiary/aromatic N) is 1. The maximum atomic E-state index is 12.2. The van der Waals surface area contributed by atoms with Crippen LogP contribution in [0.5, 0.6) is 0 Å². The van der Waals surface area contributed by atoms with Crippen LogP contribution in [0.4, 0.5) is 9.59 Å². The minimum absolute atomic E-state index is 0.130. The fourth-order valence-corrected chi connectivity index (χ4v) is 3.99. The quantitative estimate of drug-likeness (QED) is 0.817. The van der Waals surface area contributed by atoms with E-state index < -0.39 is 5.60 Å². The SMILES string of the molecule is CC(C)(C)OC(=O)N1CC[C@]2(C1)C[C@@H](NC(=O)NCc1ccc(Cl)cc1)C2. The van der Waals surface area contributed by atoms with E-state index in [1.807, 2.05) is 45.0 Å². The zero-order valence-electron chi connectivity index (χ0n) is 16.2. The normalized spacial score (nSPS) is 24.4. The molecule has 1 heterocycles. The molecule has 2 fully saturated rings. The molecule has 1 saturated heterocycles. The Morgan fingerprint density at radius 2 is 1.93 bits per heavy atom. The van der Waals surface area contributed by atoms with Crippen molar-refractivity contribution in [1.82, 2.24) is 15.5 Å². The minimum atomic E-state index is -0.473. The van der Waals surface area contributed by atoms with Gasteiger partial charge in [0.1, 0.15) is 5.60 Å². The summed E-state index contributed by atoms with van der Waals surface area (Å²) in [6.45, 7) is 7.54. The first-order chi connectivity index (χ1) is 12.6. The van der Waals surface area contributed by atoms with E-state index in [0.29, 0.717) is 18.1 Å². The Morgan fingerprint density at radius 3 is 2.56 bits per heavy atom. The van der Waals surface area contributed by atoms with Crippen molar-refractivity contribution >= 4 is 23.7 Å². The number of carbonyl (C=O) groups is 2. The minimum Gasteiger partial charge on any atom is -0.444 e. The van der Waals surface area contributed by atoms with Gasteiger partial charge in [-0.25, -0.2) is 9.59 Å². The van der Waals surface area contributed by atoms with Crippen LogP contribution in [0.1, 0.15) is 45.6 Å². The van der Waals surface area contributed by atoms with Crippen molar-refractivity contribution < 1.29 is 14.3 Å². The molecule has 1 spiro atoms. The number of halogens is 1. The van der Waals surface area contributed by atoms with Gasteiger partial charge in [0, 0.05) is 30.7 Å². The predicted octanol–water partition coefficient (Wildman–Crippen LogP) is 3.93. The van der Waals surface area contributed by atoms with Gasteiger partial charge < -0.3 is 20.3 Å². The Hall–Kier alpha value is -1.95. The first-order valence-electron chi connectivity index (χ1n) is 9.41. The van der Waals surface area contributed by atoms with E-state index >= 15 is 0 Å². The number of likely N-dealkylation sites (tertiary alicyclic amines) is 1. The molecule has 1 aliphatic carbocycles. The van der Waals surface area contributed by atoms with E-state index in [-0.39, 0.29) is 23.6 Å². The predicted molar refractivity (Wildman–Crippen MR) is 105 cm³/mol. The largest absolute Gasteiger partial charge is 0.444 e. The van der Waals surface area contributed by atoms with Crippen LogP contribution in [0.15, 0.2) is 24.3 Å². The van der Waals surface area contributed by atoms with Gasteiger partial charge in [-0.2, -0.15) is 0 Å². The summed E-state index contributed by atoms with van der Waals surface area (Å²) in [7, 11) is 0. The third-order valence-electron chi connectivity index (χ3n) is 5.15. The first-order valence-corrected chi connectivity index (χ1v) is 9.79. The molecular weight excluding hydrogens is 366 g/mol. The monoisotopic (exact) mass is 393 g/mol. The summed E-state index contributed by atoms with van der Waals surface area (Å²) in [5, 5.41) is 6.57. The summed E-state index contributed by atoms with van der Waals surface area (Å²) >= 11 is 5.86. The number of hydrogen-bond acceptors (Lipinski definition) is 3. The molecule has 3 amide bonds. The topological polar surface area (TPSA) is 70.7 Å². The molecule has 0 bridgehead atoms. The highest BCUT2D eigenvalue weighted by atomic mass is 35.5. The van der Waals surface area contributed by atoms with Crippen molar-refractivity contribution in [3.05, 3.63) is 34.9 Å². The Morgan fingerprint density at radius 1 is 1.26 bits per heavy atom. The number of ether oxygens (including phenoxy) is 1. The highest BCUT2D eigenvalue weighted by Gasteiger charge is 2.50. The van der Waals surface area contributed by atoms with Crippen molar-refractivity contribution in [2.45, 2.75) is 58.2 Å². The molecule has 0 radical (unpaired) electrons. The smallest absolute Gasteiger partial charge is 0.410 e. The third kappa shape index (κ3) is 5.28. The van der Waals surface area contributed by atoms with Gasteiger partial charge in [-0.15, -0.1) is 0 Å². The summed E-state index contributed by atoms with van der Waals surface area (Å²) in [6.07, 6.45) is 2.54. The van der Waals surface area contributed by atoms with Crippen molar-refractivity contribution in [2.24, 2.45) is 5.41 Å². The Kier molecular flexibility index (Phi) is 5.56. The summed E-state index contributed by atoms with van der Waals surface area (Å²) in [4.78, 5) is 26.1. The van der Waals surface area contributed by atoms with E-state index in [4.69, 9.17) is 16.3 Å². The second-order valence-electron chi connectivity index (χ2n) is 8.71. The molecule has 148 valence electrons. The summed E-state index contributed by atoms with van der Waals surface area (Å²) in [5.41, 5.74) is 0.660. The van der Waals surface area contributed by atoms with Gasteiger partial charge in [0.15, 0.2) is 0 Å². The zero-order valence-corrected chi connectivity index (χ0v) is 16.9. The van der Waals surface area contributed by atoms with E-state index in [1.165, 1.54) is 0 Å². The standard InChI is InChI=1S/C20H28ClN3O3/c1-19(2,3)27-18(26)24-9-8-20(13-24)10-16(11-20)23-17(25)22-12-14-4-6-15(21)7-5-14/h4-7,16H,8-13H2,1-3H3,(H2,22,23,25)/t16-,20+. The van der Waals surface area contributed by atoms with E-state index in [0.717, 1.165) is 31.4 Å². The fraction of sp³-hybridized carbons (Fsp3) is 0.600. The lowest BCUT2D eigenvalue weighted by molar-refractivity contribution is 0.0222. The van der Waals surface area contributed by atoms with E-state index in [1.54, 1.807) is 4.90 Å². The van der Waals surface area contributed by atoms with Gasteiger partial charge in [0.25, 0.3) is 0 Å². The summed E-state index contributed by atoms with van der Waals surface area (Å²) in [5.74, 6) is 0. The fourth-order valence-electron chi connectivity index (χ4n) is 3.86. The molecule has 0 unspecified atom stereocenters. The summed E-state index contributed by atoms with van der Waals surface area (Å²) < 4.78 is 5.46. The molecule has 1 aliphatic heterocycles. The van der Waals surface area contributed by atoms with Crippen LogP contribution in [0, 0.1) is 5.41 Å². The van der Waals surface area contributed by atoms with Gasteiger partial charge in [0.05, 0.1) is 0 Å². The molecule has 0 aromatic heterocycles. The molecule has 1 saturated carbocycles. The van der Waals surface area contributed by atoms with Gasteiger partial charge in [-0.3, -0.25) is 0 Å². The molecule has 27 heavy (non-hydrogen) atoms. The van der Waals surface area contributed by atoms with Crippen molar-refractivity contribution in [2.75, 3.05) is 13.1 Å². The summed E-state index contributed by atoms with van der Waals surface area (Å²) in [6, 6.07) is 7.40. The van der Waals surface area contributed by atoms with Gasteiger partial charge >= 0.3 is 12.1 Å². The third-order valence-corrected chi connectivity index (χ3v) is 5.40. The Bertz CT molecular complexity index is 693. The van der Waals surface area contributed by atoms with E-state index in [2.05, 4.69) is 10.6 Å². The van der Waals surface area contributed by atoms with Crippen LogP contribution in [0.2, 0.25) is 5.02 Å². The number of carbonyl (C=O) groups excluding carboxylic acids is 2. The maximum absolute atomic E-state index is 12.2. The lowest BCUT2D eigenvalue weighted by Gasteiger charge is -2.45. The van der Waals surface area contributed by atoms with Gasteiger partial charge in [-0.05, 0) is 63.1 Å². The second kappa shape index (κ2) is 7.58. The molecule has 7 heteroatoms. The maximum Gasteiger partial charge on any atom is 0.410 e. The highest BCUT2D eigenvalue weighted by Crippen LogP contribution is 2.48. The van der Waals surface area contributed by atoms with Crippen LogP contribution < -0.4 is 10.6 Å². The van der Waals surface area contributed by atoms with E-state index in [9.17, 15) is 9.59 Å². The van der Waals surface area contributed by atoms with Crippen LogP contribution in [-0.2, 0) is 11.3 Å². The molecular formula is C20H28ClN3O3. The average Bonchev–Trinajstić information content (AvgIpc) is 2.98. The first kappa shape index (κ1) is 19.8. The number of nitrogens with one attached hydrogen (secondary N) is 2.